The Bertz CT molecular complexity index is 338. The first-order valence-electron chi connectivity index (χ1n) is 5.41. The van der Waals surface area contributed by atoms with Crippen molar-refractivity contribution in [1.29, 1.82) is 0 Å². The zero-order valence-electron chi connectivity index (χ0n) is 10.0. The van der Waals surface area contributed by atoms with E-state index in [0.717, 1.165) is 0 Å². The van der Waals surface area contributed by atoms with Crippen LogP contribution in [0.1, 0.15) is 6.42 Å². The molecular weight excluding hydrogens is 276 g/mol. The lowest BCUT2D eigenvalue weighted by atomic mass is 10.2. The van der Waals surface area contributed by atoms with Gasteiger partial charge in [-0.1, -0.05) is 0 Å². The van der Waals surface area contributed by atoms with E-state index in [1.807, 2.05) is 6.26 Å². The van der Waals surface area contributed by atoms with Gasteiger partial charge in [0, 0.05) is 0 Å². The molecule has 0 radical (unpaired) electrons. The van der Waals surface area contributed by atoms with Crippen LogP contribution in [-0.4, -0.2) is 64.0 Å². The summed E-state index contributed by atoms with van der Waals surface area (Å²) in [5.41, 5.74) is 0. The molecule has 0 aliphatic carbocycles. The van der Waals surface area contributed by atoms with Crippen LogP contribution in [0.5, 0.6) is 0 Å². The topological polar surface area (TPSA) is 86.7 Å². The van der Waals surface area contributed by atoms with Crippen LogP contribution in [0, 0.1) is 0 Å². The van der Waals surface area contributed by atoms with Crippen molar-refractivity contribution in [3.05, 3.63) is 0 Å². The number of aliphatic carboxylic acids is 1. The Labute approximate surface area is 114 Å². The standard InChI is InChI=1S/C10H16N2O4S2/c1-17-3-2-7(10(15)16)11-8(13)4-12-6-18-5-9(12)14/h7H,2-6H2,1H3,(H,11,13)(H,15,16). The van der Waals surface area contributed by atoms with Gasteiger partial charge in [-0.15, -0.1) is 11.8 Å². The Morgan fingerprint density at radius 3 is 2.83 bits per heavy atom. The van der Waals surface area contributed by atoms with Crippen LogP contribution in [-0.2, 0) is 14.4 Å². The van der Waals surface area contributed by atoms with E-state index in [2.05, 4.69) is 5.32 Å². The highest BCUT2D eigenvalue weighted by molar-refractivity contribution is 8.00. The molecule has 1 aliphatic heterocycles. The Morgan fingerprint density at radius 2 is 2.33 bits per heavy atom. The van der Waals surface area contributed by atoms with E-state index in [0.29, 0.717) is 23.8 Å². The molecule has 102 valence electrons. The predicted octanol–water partition coefficient (Wildman–Crippen LogP) is -0.158. The first-order valence-corrected chi connectivity index (χ1v) is 7.96. The van der Waals surface area contributed by atoms with Gasteiger partial charge in [-0.2, -0.15) is 11.8 Å². The summed E-state index contributed by atoms with van der Waals surface area (Å²) in [4.78, 5) is 35.3. The lowest BCUT2D eigenvalue weighted by Gasteiger charge is -2.17. The van der Waals surface area contributed by atoms with E-state index in [9.17, 15) is 14.4 Å². The molecule has 1 atom stereocenters. The third-order valence-electron chi connectivity index (χ3n) is 2.40. The third kappa shape index (κ3) is 4.77. The van der Waals surface area contributed by atoms with Crippen molar-refractivity contribution in [3.63, 3.8) is 0 Å². The van der Waals surface area contributed by atoms with Crippen LogP contribution < -0.4 is 5.32 Å². The summed E-state index contributed by atoms with van der Waals surface area (Å²) in [7, 11) is 0. The molecule has 1 aliphatic rings. The SMILES string of the molecule is CSCCC(NC(=O)CN1CSCC1=O)C(=O)O. The van der Waals surface area contributed by atoms with Gasteiger partial charge in [-0.05, 0) is 18.4 Å². The van der Waals surface area contributed by atoms with Crippen molar-refractivity contribution < 1.29 is 19.5 Å². The molecule has 6 nitrogen and oxygen atoms in total. The van der Waals surface area contributed by atoms with Crippen molar-refractivity contribution in [2.24, 2.45) is 0 Å². The molecule has 0 aromatic rings. The first-order chi connectivity index (χ1) is 8.54. The van der Waals surface area contributed by atoms with E-state index in [-0.39, 0.29) is 12.5 Å². The summed E-state index contributed by atoms with van der Waals surface area (Å²) in [6, 6.07) is -0.879. The number of nitrogens with zero attached hydrogens (tertiary/aromatic N) is 1. The van der Waals surface area contributed by atoms with Crippen LogP contribution in [0.4, 0.5) is 0 Å². The fourth-order valence-electron chi connectivity index (χ4n) is 1.45. The lowest BCUT2D eigenvalue weighted by Crippen LogP contribution is -2.46. The lowest BCUT2D eigenvalue weighted by molar-refractivity contribution is -0.142. The molecule has 1 fully saturated rings. The molecule has 0 bridgehead atoms. The van der Waals surface area contributed by atoms with Gasteiger partial charge in [-0.3, -0.25) is 9.59 Å². The van der Waals surface area contributed by atoms with E-state index in [4.69, 9.17) is 5.11 Å². The smallest absolute Gasteiger partial charge is 0.326 e. The number of carboxylic acid groups (broad SMARTS) is 1. The number of thioether (sulfide) groups is 2. The Hall–Kier alpha value is -0.890. The summed E-state index contributed by atoms with van der Waals surface area (Å²) in [5, 5.41) is 11.4. The van der Waals surface area contributed by atoms with Crippen LogP contribution in [0.15, 0.2) is 0 Å². The van der Waals surface area contributed by atoms with Gasteiger partial charge >= 0.3 is 5.97 Å². The van der Waals surface area contributed by atoms with Crippen molar-refractivity contribution >= 4 is 41.3 Å². The highest BCUT2D eigenvalue weighted by Crippen LogP contribution is 2.14. The minimum Gasteiger partial charge on any atom is -0.480 e. The number of hydrogen-bond donors (Lipinski definition) is 2. The Morgan fingerprint density at radius 1 is 1.61 bits per heavy atom. The monoisotopic (exact) mass is 292 g/mol. The fourth-order valence-corrected chi connectivity index (χ4v) is 2.82. The molecule has 18 heavy (non-hydrogen) atoms. The second-order valence-corrected chi connectivity index (χ2v) is 5.75. The molecule has 2 N–H and O–H groups in total. The number of amides is 2. The van der Waals surface area contributed by atoms with Gasteiger partial charge in [0.2, 0.25) is 11.8 Å². The highest BCUT2D eigenvalue weighted by atomic mass is 32.2. The quantitative estimate of drug-likeness (QED) is 0.678. The maximum absolute atomic E-state index is 11.6. The van der Waals surface area contributed by atoms with Gasteiger partial charge in [0.05, 0.1) is 11.6 Å². The molecule has 0 saturated carbocycles. The molecule has 1 rings (SSSR count). The summed E-state index contributed by atoms with van der Waals surface area (Å²) >= 11 is 2.97. The molecule has 1 heterocycles. The minimum atomic E-state index is -1.04. The van der Waals surface area contributed by atoms with Gasteiger partial charge in [0.1, 0.15) is 12.6 Å². The second-order valence-electron chi connectivity index (χ2n) is 3.81. The largest absolute Gasteiger partial charge is 0.480 e. The van der Waals surface area contributed by atoms with Gasteiger partial charge in [0.25, 0.3) is 0 Å². The average molecular weight is 292 g/mol. The van der Waals surface area contributed by atoms with Gasteiger partial charge in [0.15, 0.2) is 0 Å². The summed E-state index contributed by atoms with van der Waals surface area (Å²) in [6.45, 7) is -0.0606. The number of carbonyl (C=O) groups is 3. The second kappa shape index (κ2) is 7.52. The number of carboxylic acids is 1. The van der Waals surface area contributed by atoms with Gasteiger partial charge < -0.3 is 15.3 Å². The highest BCUT2D eigenvalue weighted by Gasteiger charge is 2.25. The maximum atomic E-state index is 11.6. The zero-order chi connectivity index (χ0) is 13.5. The van der Waals surface area contributed by atoms with E-state index < -0.39 is 17.9 Å². The molecule has 0 aromatic carbocycles. The zero-order valence-corrected chi connectivity index (χ0v) is 11.7. The summed E-state index contributed by atoms with van der Waals surface area (Å²) in [5.74, 6) is 0.0113. The molecule has 8 heteroatoms. The number of rotatable bonds is 7. The van der Waals surface area contributed by atoms with Crippen molar-refractivity contribution in [3.8, 4) is 0 Å². The Balaban J connectivity index is 2.40. The van der Waals surface area contributed by atoms with Gasteiger partial charge in [-0.25, -0.2) is 4.79 Å². The van der Waals surface area contributed by atoms with Crippen LogP contribution in [0.3, 0.4) is 0 Å². The Kier molecular flexibility index (Phi) is 6.34. The predicted molar refractivity (Wildman–Crippen MR) is 71.6 cm³/mol. The molecular formula is C10H16N2O4S2. The normalized spacial score (nSPS) is 16.7. The minimum absolute atomic E-state index is 0.0606. The molecule has 0 aromatic heterocycles. The van der Waals surface area contributed by atoms with E-state index in [1.165, 1.54) is 28.4 Å². The average Bonchev–Trinajstić information content (AvgIpc) is 2.70. The molecule has 1 unspecified atom stereocenters. The van der Waals surface area contributed by atoms with Crippen LogP contribution in [0.25, 0.3) is 0 Å². The van der Waals surface area contributed by atoms with E-state index in [1.54, 1.807) is 0 Å². The molecule has 2 amide bonds. The number of carbonyl (C=O) groups excluding carboxylic acids is 2. The third-order valence-corrected chi connectivity index (χ3v) is 3.99. The van der Waals surface area contributed by atoms with E-state index >= 15 is 0 Å². The first kappa shape index (κ1) is 15.2. The molecule has 0 spiro atoms. The fraction of sp³-hybridized carbons (Fsp3) is 0.700. The van der Waals surface area contributed by atoms with Crippen molar-refractivity contribution in [1.82, 2.24) is 10.2 Å². The summed E-state index contributed by atoms with van der Waals surface area (Å²) in [6.07, 6.45) is 2.26. The number of nitrogens with one attached hydrogen (secondary N) is 1. The maximum Gasteiger partial charge on any atom is 0.326 e. The molecule has 1 saturated heterocycles. The van der Waals surface area contributed by atoms with Crippen LogP contribution >= 0.6 is 23.5 Å². The van der Waals surface area contributed by atoms with Crippen molar-refractivity contribution in [2.75, 3.05) is 30.2 Å². The number of hydrogen-bond acceptors (Lipinski definition) is 5. The summed E-state index contributed by atoms with van der Waals surface area (Å²) < 4.78 is 0. The van der Waals surface area contributed by atoms with Crippen molar-refractivity contribution in [2.45, 2.75) is 12.5 Å². The van der Waals surface area contributed by atoms with Crippen LogP contribution in [0.2, 0.25) is 0 Å².